The van der Waals surface area contributed by atoms with Gasteiger partial charge in [-0.25, -0.2) is 0 Å². The average molecular weight is 285 g/mol. The Morgan fingerprint density at radius 2 is 2.14 bits per heavy atom. The van der Waals surface area contributed by atoms with Gasteiger partial charge in [0.25, 0.3) is 0 Å². The number of rotatable bonds is 3. The number of nitrogens with zero attached hydrogens (tertiary/aromatic N) is 2. The minimum atomic E-state index is 0.0220. The third kappa shape index (κ3) is 2.67. The van der Waals surface area contributed by atoms with Gasteiger partial charge in [0.15, 0.2) is 0 Å². The van der Waals surface area contributed by atoms with Crippen molar-refractivity contribution in [1.29, 1.82) is 0 Å². The number of para-hydroxylation sites is 1. The molecule has 3 rings (SSSR count). The largest absolute Gasteiger partial charge is 0.374 e. The summed E-state index contributed by atoms with van der Waals surface area (Å²) in [5.74, 6) is 0. The van der Waals surface area contributed by atoms with Crippen LogP contribution in [-0.2, 0) is 4.74 Å². The van der Waals surface area contributed by atoms with E-state index in [1.807, 2.05) is 12.3 Å². The van der Waals surface area contributed by atoms with Crippen molar-refractivity contribution in [3.05, 3.63) is 42.1 Å². The Bertz CT molecular complexity index is 609. The minimum Gasteiger partial charge on any atom is -0.374 e. The number of fused-ring (bicyclic) bond motifs is 1. The molecule has 112 valence electrons. The summed E-state index contributed by atoms with van der Waals surface area (Å²) in [6.45, 7) is 6.66. The number of pyridine rings is 1. The van der Waals surface area contributed by atoms with E-state index in [2.05, 4.69) is 48.0 Å². The maximum absolute atomic E-state index is 5.97. The van der Waals surface area contributed by atoms with Gasteiger partial charge in [0.05, 0.1) is 24.3 Å². The van der Waals surface area contributed by atoms with E-state index in [9.17, 15) is 0 Å². The van der Waals surface area contributed by atoms with Gasteiger partial charge in [0.1, 0.15) is 0 Å². The lowest BCUT2D eigenvalue weighted by molar-refractivity contribution is -0.0785. The standard InChI is InChI=1S/C17H23N3O/c1-12(2)20-9-10-21-15(11-18)17(20)14-7-3-5-13-6-4-8-19-16(13)14/h3-8,12,15,17H,9-11,18H2,1-2H3. The van der Waals surface area contributed by atoms with E-state index in [1.165, 1.54) is 10.9 Å². The summed E-state index contributed by atoms with van der Waals surface area (Å²) >= 11 is 0. The molecule has 21 heavy (non-hydrogen) atoms. The van der Waals surface area contributed by atoms with Crippen molar-refractivity contribution in [2.75, 3.05) is 19.7 Å². The Balaban J connectivity index is 2.12. The van der Waals surface area contributed by atoms with E-state index in [4.69, 9.17) is 10.5 Å². The second-order valence-electron chi connectivity index (χ2n) is 5.84. The van der Waals surface area contributed by atoms with Gasteiger partial charge < -0.3 is 10.5 Å². The van der Waals surface area contributed by atoms with Gasteiger partial charge in [-0.3, -0.25) is 9.88 Å². The third-order valence-corrected chi connectivity index (χ3v) is 4.27. The van der Waals surface area contributed by atoms with Gasteiger partial charge in [-0.2, -0.15) is 0 Å². The van der Waals surface area contributed by atoms with Gasteiger partial charge in [0.2, 0.25) is 0 Å². The zero-order chi connectivity index (χ0) is 14.8. The van der Waals surface area contributed by atoms with Crippen LogP contribution in [-0.4, -0.2) is 41.7 Å². The molecule has 4 nitrogen and oxygen atoms in total. The van der Waals surface area contributed by atoms with Crippen molar-refractivity contribution in [3.8, 4) is 0 Å². The molecule has 0 saturated carbocycles. The van der Waals surface area contributed by atoms with E-state index >= 15 is 0 Å². The Kier molecular flexibility index (Phi) is 4.19. The highest BCUT2D eigenvalue weighted by Crippen LogP contribution is 2.34. The number of ether oxygens (including phenoxy) is 1. The highest BCUT2D eigenvalue weighted by Gasteiger charge is 2.35. The predicted octanol–water partition coefficient (Wildman–Crippen LogP) is 2.34. The summed E-state index contributed by atoms with van der Waals surface area (Å²) in [5.41, 5.74) is 8.24. The average Bonchev–Trinajstić information content (AvgIpc) is 2.53. The molecule has 1 aromatic heterocycles. The fourth-order valence-corrected chi connectivity index (χ4v) is 3.28. The molecule has 2 atom stereocenters. The van der Waals surface area contributed by atoms with E-state index in [0.717, 1.165) is 18.7 Å². The van der Waals surface area contributed by atoms with Gasteiger partial charge in [0, 0.05) is 30.7 Å². The highest BCUT2D eigenvalue weighted by molar-refractivity contribution is 5.82. The van der Waals surface area contributed by atoms with Crippen LogP contribution in [0.1, 0.15) is 25.5 Å². The molecule has 1 aliphatic heterocycles. The molecule has 2 aromatic rings. The fourth-order valence-electron chi connectivity index (χ4n) is 3.28. The Morgan fingerprint density at radius 3 is 2.90 bits per heavy atom. The maximum Gasteiger partial charge on any atom is 0.0895 e. The summed E-state index contributed by atoms with van der Waals surface area (Å²) in [5, 5.41) is 1.17. The summed E-state index contributed by atoms with van der Waals surface area (Å²) in [6, 6.07) is 11.1. The van der Waals surface area contributed by atoms with Crippen LogP contribution in [0.15, 0.2) is 36.5 Å². The van der Waals surface area contributed by atoms with E-state index in [1.54, 1.807) is 0 Å². The molecule has 1 fully saturated rings. The molecule has 1 aliphatic rings. The van der Waals surface area contributed by atoms with Crippen LogP contribution >= 0.6 is 0 Å². The van der Waals surface area contributed by atoms with Crippen molar-refractivity contribution in [2.45, 2.75) is 32.0 Å². The summed E-state index contributed by atoms with van der Waals surface area (Å²) in [7, 11) is 0. The molecule has 0 bridgehead atoms. The van der Waals surface area contributed by atoms with Crippen molar-refractivity contribution in [1.82, 2.24) is 9.88 Å². The SMILES string of the molecule is CC(C)N1CCOC(CN)C1c1cccc2cccnc12. The number of morpholine rings is 1. The number of hydrogen-bond donors (Lipinski definition) is 1. The lowest BCUT2D eigenvalue weighted by atomic mass is 9.94. The third-order valence-electron chi connectivity index (χ3n) is 4.27. The van der Waals surface area contributed by atoms with Crippen LogP contribution < -0.4 is 5.73 Å². The Morgan fingerprint density at radius 1 is 1.33 bits per heavy atom. The van der Waals surface area contributed by atoms with Gasteiger partial charge >= 0.3 is 0 Å². The van der Waals surface area contributed by atoms with Crippen molar-refractivity contribution in [3.63, 3.8) is 0 Å². The number of hydrogen-bond acceptors (Lipinski definition) is 4. The molecule has 0 amide bonds. The first-order valence-corrected chi connectivity index (χ1v) is 7.63. The first-order chi connectivity index (χ1) is 10.2. The molecule has 0 radical (unpaired) electrons. The number of nitrogens with two attached hydrogens (primary N) is 1. The van der Waals surface area contributed by atoms with Crippen LogP contribution in [0.5, 0.6) is 0 Å². The monoisotopic (exact) mass is 285 g/mol. The molecular weight excluding hydrogens is 262 g/mol. The first-order valence-electron chi connectivity index (χ1n) is 7.63. The van der Waals surface area contributed by atoms with Crippen molar-refractivity contribution >= 4 is 10.9 Å². The van der Waals surface area contributed by atoms with Crippen molar-refractivity contribution < 1.29 is 4.74 Å². The van der Waals surface area contributed by atoms with Gasteiger partial charge in [-0.15, -0.1) is 0 Å². The molecule has 4 heteroatoms. The molecule has 1 aromatic carbocycles. The summed E-state index contributed by atoms with van der Waals surface area (Å²) < 4.78 is 5.93. The lowest BCUT2D eigenvalue weighted by Crippen LogP contribution is -2.50. The number of aromatic nitrogens is 1. The molecule has 2 heterocycles. The second-order valence-corrected chi connectivity index (χ2v) is 5.84. The lowest BCUT2D eigenvalue weighted by Gasteiger charge is -2.43. The second kappa shape index (κ2) is 6.10. The van der Waals surface area contributed by atoms with Crippen LogP contribution in [0.4, 0.5) is 0 Å². The van der Waals surface area contributed by atoms with E-state index in [0.29, 0.717) is 12.6 Å². The smallest absolute Gasteiger partial charge is 0.0895 e. The minimum absolute atomic E-state index is 0.0220. The zero-order valence-electron chi connectivity index (χ0n) is 12.7. The van der Waals surface area contributed by atoms with E-state index < -0.39 is 0 Å². The van der Waals surface area contributed by atoms with Crippen LogP contribution in [0.2, 0.25) is 0 Å². The topological polar surface area (TPSA) is 51.4 Å². The molecule has 0 aliphatic carbocycles. The highest BCUT2D eigenvalue weighted by atomic mass is 16.5. The van der Waals surface area contributed by atoms with Crippen molar-refractivity contribution in [2.24, 2.45) is 5.73 Å². The molecule has 2 unspecified atom stereocenters. The predicted molar refractivity (Wildman–Crippen MR) is 85.1 cm³/mol. The quantitative estimate of drug-likeness (QED) is 0.940. The van der Waals surface area contributed by atoms with Gasteiger partial charge in [-0.1, -0.05) is 24.3 Å². The van der Waals surface area contributed by atoms with E-state index in [-0.39, 0.29) is 12.1 Å². The first kappa shape index (κ1) is 14.4. The Labute approximate surface area is 125 Å². The molecular formula is C17H23N3O. The zero-order valence-corrected chi connectivity index (χ0v) is 12.7. The molecule has 1 saturated heterocycles. The van der Waals surface area contributed by atoms with Crippen LogP contribution in [0.25, 0.3) is 10.9 Å². The van der Waals surface area contributed by atoms with Crippen LogP contribution in [0, 0.1) is 0 Å². The fraction of sp³-hybridized carbons (Fsp3) is 0.471. The van der Waals surface area contributed by atoms with Crippen LogP contribution in [0.3, 0.4) is 0 Å². The normalized spacial score (nSPS) is 23.8. The summed E-state index contributed by atoms with van der Waals surface area (Å²) in [4.78, 5) is 7.07. The summed E-state index contributed by atoms with van der Waals surface area (Å²) in [6.07, 6.45) is 1.88. The molecule has 0 spiro atoms. The Hall–Kier alpha value is -1.49. The molecule has 2 N–H and O–H groups in total. The maximum atomic E-state index is 5.97. The number of benzene rings is 1. The van der Waals surface area contributed by atoms with Gasteiger partial charge in [-0.05, 0) is 25.5 Å².